The predicted octanol–water partition coefficient (Wildman–Crippen LogP) is 2.54. The van der Waals surface area contributed by atoms with E-state index in [1.165, 1.54) is 6.07 Å². The van der Waals surface area contributed by atoms with E-state index in [0.717, 1.165) is 0 Å². The Bertz CT molecular complexity index is 802. The third kappa shape index (κ3) is 2.82. The molecule has 1 aliphatic carbocycles. The first-order valence-electron chi connectivity index (χ1n) is 8.49. The zero-order valence-corrected chi connectivity index (χ0v) is 14.2. The Morgan fingerprint density at radius 3 is 2.68 bits per heavy atom. The van der Waals surface area contributed by atoms with Gasteiger partial charge in [-0.15, -0.1) is 10.2 Å². The number of halogens is 1. The van der Waals surface area contributed by atoms with E-state index >= 15 is 0 Å². The number of hydrogen-bond donors (Lipinski definition) is 0. The van der Waals surface area contributed by atoms with Gasteiger partial charge in [-0.2, -0.15) is 0 Å². The van der Waals surface area contributed by atoms with E-state index in [1.807, 2.05) is 6.92 Å². The molecule has 7 heteroatoms. The molecule has 0 radical (unpaired) electrons. The molecule has 2 heterocycles. The number of hydrogen-bond acceptors (Lipinski definition) is 5. The van der Waals surface area contributed by atoms with E-state index in [1.54, 1.807) is 30.0 Å². The number of amides is 1. The SMILES string of the molecule is Cc1nnc([C@H]2CN(C(=O)C3(c4ccccc4F)CC3)C[C@@H](C)O2)o1. The highest BCUT2D eigenvalue weighted by atomic mass is 19.1. The van der Waals surface area contributed by atoms with Crippen LogP contribution in [-0.4, -0.2) is 40.2 Å². The van der Waals surface area contributed by atoms with Crippen LogP contribution in [0.2, 0.25) is 0 Å². The van der Waals surface area contributed by atoms with Crippen LogP contribution in [0.3, 0.4) is 0 Å². The maximum atomic E-state index is 14.2. The maximum absolute atomic E-state index is 14.2. The standard InChI is InChI=1S/C18H20FN3O3/c1-11-9-22(10-15(24-11)16-21-20-12(2)25-16)17(23)18(7-8-18)13-5-3-4-6-14(13)19/h3-6,11,15H,7-10H2,1-2H3/t11-,15-/m1/s1. The summed E-state index contributed by atoms with van der Waals surface area (Å²) in [5, 5.41) is 7.84. The molecular formula is C18H20FN3O3. The molecular weight excluding hydrogens is 325 g/mol. The number of carbonyl (C=O) groups excluding carboxylic acids is 1. The molecule has 132 valence electrons. The average molecular weight is 345 g/mol. The minimum atomic E-state index is -0.738. The normalized spacial score (nSPS) is 25.0. The van der Waals surface area contributed by atoms with Crippen LogP contribution < -0.4 is 0 Å². The molecule has 1 aromatic carbocycles. The molecule has 1 amide bonds. The van der Waals surface area contributed by atoms with Gasteiger partial charge in [0.05, 0.1) is 18.1 Å². The molecule has 1 aromatic heterocycles. The minimum Gasteiger partial charge on any atom is -0.423 e. The molecule has 25 heavy (non-hydrogen) atoms. The second kappa shape index (κ2) is 5.91. The molecule has 1 saturated carbocycles. The quantitative estimate of drug-likeness (QED) is 0.855. The van der Waals surface area contributed by atoms with E-state index in [4.69, 9.17) is 9.15 Å². The molecule has 0 N–H and O–H groups in total. The van der Waals surface area contributed by atoms with Gasteiger partial charge in [-0.05, 0) is 25.8 Å². The second-order valence-corrected chi connectivity index (χ2v) is 6.87. The lowest BCUT2D eigenvalue weighted by Crippen LogP contribution is -2.49. The molecule has 1 saturated heterocycles. The van der Waals surface area contributed by atoms with Crippen molar-refractivity contribution < 1.29 is 18.3 Å². The van der Waals surface area contributed by atoms with Gasteiger partial charge in [0.15, 0.2) is 6.10 Å². The Labute approximate surface area is 145 Å². The van der Waals surface area contributed by atoms with Gasteiger partial charge in [0, 0.05) is 19.0 Å². The summed E-state index contributed by atoms with van der Waals surface area (Å²) >= 11 is 0. The summed E-state index contributed by atoms with van der Waals surface area (Å²) in [6, 6.07) is 6.54. The van der Waals surface area contributed by atoms with Crippen molar-refractivity contribution in [1.82, 2.24) is 15.1 Å². The summed E-state index contributed by atoms with van der Waals surface area (Å²) in [6.07, 6.45) is 0.725. The summed E-state index contributed by atoms with van der Waals surface area (Å²) in [7, 11) is 0. The van der Waals surface area contributed by atoms with Crippen LogP contribution in [0.25, 0.3) is 0 Å². The first-order valence-corrected chi connectivity index (χ1v) is 8.49. The number of rotatable bonds is 3. The number of ether oxygens (including phenoxy) is 1. The Balaban J connectivity index is 1.58. The van der Waals surface area contributed by atoms with Crippen molar-refractivity contribution in [2.45, 2.75) is 44.3 Å². The summed E-state index contributed by atoms with van der Waals surface area (Å²) in [6.45, 7) is 4.42. The van der Waals surface area contributed by atoms with Crippen LogP contribution >= 0.6 is 0 Å². The summed E-state index contributed by atoms with van der Waals surface area (Å²) in [4.78, 5) is 14.9. The summed E-state index contributed by atoms with van der Waals surface area (Å²) in [5.74, 6) is 0.463. The highest BCUT2D eigenvalue weighted by Gasteiger charge is 2.55. The monoisotopic (exact) mass is 345 g/mol. The molecule has 2 aliphatic rings. The fraction of sp³-hybridized carbons (Fsp3) is 0.500. The van der Waals surface area contributed by atoms with Gasteiger partial charge in [-0.1, -0.05) is 18.2 Å². The van der Waals surface area contributed by atoms with Crippen LogP contribution in [0.15, 0.2) is 28.7 Å². The fourth-order valence-corrected chi connectivity index (χ4v) is 3.57. The molecule has 0 bridgehead atoms. The van der Waals surface area contributed by atoms with Crippen LogP contribution in [0.5, 0.6) is 0 Å². The van der Waals surface area contributed by atoms with Crippen LogP contribution in [0, 0.1) is 12.7 Å². The number of benzene rings is 1. The lowest BCUT2D eigenvalue weighted by atomic mass is 9.93. The summed E-state index contributed by atoms with van der Waals surface area (Å²) in [5.41, 5.74) is -0.248. The lowest BCUT2D eigenvalue weighted by molar-refractivity contribution is -0.149. The second-order valence-electron chi connectivity index (χ2n) is 6.87. The number of carbonyl (C=O) groups is 1. The van der Waals surface area contributed by atoms with Crippen molar-refractivity contribution in [3.05, 3.63) is 47.4 Å². The van der Waals surface area contributed by atoms with Gasteiger partial charge in [0.2, 0.25) is 17.7 Å². The smallest absolute Gasteiger partial charge is 0.247 e. The van der Waals surface area contributed by atoms with Crippen molar-refractivity contribution in [2.24, 2.45) is 0 Å². The number of aromatic nitrogens is 2. The van der Waals surface area contributed by atoms with Gasteiger partial charge >= 0.3 is 0 Å². The molecule has 0 spiro atoms. The van der Waals surface area contributed by atoms with Gasteiger partial charge in [-0.3, -0.25) is 4.79 Å². The molecule has 6 nitrogen and oxygen atoms in total. The van der Waals surface area contributed by atoms with E-state index in [0.29, 0.717) is 43.3 Å². The zero-order valence-electron chi connectivity index (χ0n) is 14.2. The van der Waals surface area contributed by atoms with E-state index in [2.05, 4.69) is 10.2 Å². The predicted molar refractivity (Wildman–Crippen MR) is 86.2 cm³/mol. The van der Waals surface area contributed by atoms with Crippen LogP contribution in [0.1, 0.15) is 43.2 Å². The lowest BCUT2D eigenvalue weighted by Gasteiger charge is -2.37. The average Bonchev–Trinajstić information content (AvgIpc) is 3.28. The first-order chi connectivity index (χ1) is 12.0. The summed E-state index contributed by atoms with van der Waals surface area (Å²) < 4.78 is 25.6. The Kier molecular flexibility index (Phi) is 3.83. The number of nitrogens with zero attached hydrogens (tertiary/aromatic N) is 3. The van der Waals surface area contributed by atoms with Crippen LogP contribution in [-0.2, 0) is 14.9 Å². The first kappa shape index (κ1) is 16.2. The van der Waals surface area contributed by atoms with Gasteiger partial charge in [-0.25, -0.2) is 4.39 Å². The molecule has 2 atom stereocenters. The number of aryl methyl sites for hydroxylation is 1. The molecule has 0 unspecified atom stereocenters. The molecule has 2 fully saturated rings. The highest BCUT2D eigenvalue weighted by Crippen LogP contribution is 2.51. The van der Waals surface area contributed by atoms with Crippen molar-refractivity contribution >= 4 is 5.91 Å². The third-order valence-electron chi connectivity index (χ3n) is 4.91. The maximum Gasteiger partial charge on any atom is 0.247 e. The molecule has 4 rings (SSSR count). The minimum absolute atomic E-state index is 0.0472. The van der Waals surface area contributed by atoms with Crippen molar-refractivity contribution in [2.75, 3.05) is 13.1 Å². The van der Waals surface area contributed by atoms with E-state index in [9.17, 15) is 9.18 Å². The van der Waals surface area contributed by atoms with Crippen molar-refractivity contribution in [3.8, 4) is 0 Å². The zero-order chi connectivity index (χ0) is 17.6. The van der Waals surface area contributed by atoms with Crippen LogP contribution in [0.4, 0.5) is 4.39 Å². The van der Waals surface area contributed by atoms with Crippen molar-refractivity contribution in [1.29, 1.82) is 0 Å². The molecule has 1 aliphatic heterocycles. The largest absolute Gasteiger partial charge is 0.423 e. The molecule has 2 aromatic rings. The van der Waals surface area contributed by atoms with Gasteiger partial charge in [0.25, 0.3) is 0 Å². The van der Waals surface area contributed by atoms with Gasteiger partial charge < -0.3 is 14.1 Å². The third-order valence-corrected chi connectivity index (χ3v) is 4.91. The Morgan fingerprint density at radius 2 is 2.04 bits per heavy atom. The fourth-order valence-electron chi connectivity index (χ4n) is 3.57. The number of morpholine rings is 1. The van der Waals surface area contributed by atoms with E-state index < -0.39 is 11.5 Å². The van der Waals surface area contributed by atoms with E-state index in [-0.39, 0.29) is 17.8 Å². The highest BCUT2D eigenvalue weighted by molar-refractivity contribution is 5.91. The topological polar surface area (TPSA) is 68.5 Å². The van der Waals surface area contributed by atoms with Crippen molar-refractivity contribution in [3.63, 3.8) is 0 Å². The Morgan fingerprint density at radius 1 is 1.28 bits per heavy atom. The van der Waals surface area contributed by atoms with Gasteiger partial charge in [0.1, 0.15) is 5.82 Å². The Hall–Kier alpha value is -2.28.